The second-order valence-electron chi connectivity index (χ2n) is 7.83. The van der Waals surface area contributed by atoms with Gasteiger partial charge in [0.1, 0.15) is 23.7 Å². The van der Waals surface area contributed by atoms with E-state index in [2.05, 4.69) is 10.4 Å². The first kappa shape index (κ1) is 23.1. The molecular weight excluding hydrogens is 444 g/mol. The van der Waals surface area contributed by atoms with Crippen molar-refractivity contribution in [1.82, 2.24) is 18.9 Å². The van der Waals surface area contributed by atoms with E-state index >= 15 is 0 Å². The van der Waals surface area contributed by atoms with E-state index in [-0.39, 0.29) is 23.3 Å². The molecule has 4 aromatic rings. The molecule has 8 nitrogen and oxygen atoms in total. The summed E-state index contributed by atoms with van der Waals surface area (Å²) in [5.74, 6) is -2.27. The molecule has 0 saturated heterocycles. The Morgan fingerprint density at radius 2 is 1.76 bits per heavy atom. The van der Waals surface area contributed by atoms with Crippen LogP contribution in [0.2, 0.25) is 0 Å². The van der Waals surface area contributed by atoms with Crippen LogP contribution in [0.1, 0.15) is 18.2 Å². The molecule has 0 fully saturated rings. The summed E-state index contributed by atoms with van der Waals surface area (Å²) in [5.41, 5.74) is 0.284. The highest BCUT2D eigenvalue weighted by molar-refractivity contribution is 5.91. The number of carbonyl (C=O) groups is 1. The van der Waals surface area contributed by atoms with Gasteiger partial charge < -0.3 is 5.32 Å². The van der Waals surface area contributed by atoms with Gasteiger partial charge >= 0.3 is 5.69 Å². The maximum absolute atomic E-state index is 14.0. The summed E-state index contributed by atoms with van der Waals surface area (Å²) in [4.78, 5) is 39.4. The minimum Gasteiger partial charge on any atom is -0.322 e. The van der Waals surface area contributed by atoms with Gasteiger partial charge in [-0.05, 0) is 38.0 Å². The van der Waals surface area contributed by atoms with Gasteiger partial charge in [-0.1, -0.05) is 30.3 Å². The molecule has 2 heterocycles. The number of aromatic nitrogens is 4. The SMILES string of the molecule is CCn1nc(C)c2c1c(=O)n(CCc1ccccc1)c(=O)n2CC(=O)Nc1cc(F)ccc1F. The topological polar surface area (TPSA) is 90.9 Å². The van der Waals surface area contributed by atoms with Crippen LogP contribution in [-0.2, 0) is 30.8 Å². The molecule has 0 aliphatic rings. The molecule has 0 saturated carbocycles. The van der Waals surface area contributed by atoms with Crippen molar-refractivity contribution < 1.29 is 13.6 Å². The number of benzene rings is 2. The number of hydrogen-bond acceptors (Lipinski definition) is 4. The van der Waals surface area contributed by atoms with Gasteiger partial charge in [-0.2, -0.15) is 5.10 Å². The van der Waals surface area contributed by atoms with Gasteiger partial charge in [0.25, 0.3) is 5.56 Å². The monoisotopic (exact) mass is 467 g/mol. The molecule has 0 aliphatic heterocycles. The lowest BCUT2D eigenvalue weighted by molar-refractivity contribution is -0.116. The van der Waals surface area contributed by atoms with Gasteiger partial charge in [0, 0.05) is 19.2 Å². The average Bonchev–Trinajstić information content (AvgIpc) is 3.16. The molecule has 0 radical (unpaired) electrons. The first-order chi connectivity index (χ1) is 16.3. The van der Waals surface area contributed by atoms with Crippen LogP contribution in [0.25, 0.3) is 11.0 Å². The summed E-state index contributed by atoms with van der Waals surface area (Å²) < 4.78 is 31.2. The van der Waals surface area contributed by atoms with E-state index in [0.717, 1.165) is 32.9 Å². The van der Waals surface area contributed by atoms with Crippen LogP contribution in [0, 0.1) is 18.6 Å². The minimum atomic E-state index is -0.810. The number of nitrogens with zero attached hydrogens (tertiary/aromatic N) is 4. The predicted molar refractivity (Wildman–Crippen MR) is 124 cm³/mol. The van der Waals surface area contributed by atoms with Crippen LogP contribution < -0.4 is 16.6 Å². The van der Waals surface area contributed by atoms with Crippen LogP contribution in [0.15, 0.2) is 58.1 Å². The van der Waals surface area contributed by atoms with E-state index < -0.39 is 35.3 Å². The molecule has 34 heavy (non-hydrogen) atoms. The largest absolute Gasteiger partial charge is 0.332 e. The summed E-state index contributed by atoms with van der Waals surface area (Å²) >= 11 is 0. The lowest BCUT2D eigenvalue weighted by Crippen LogP contribution is -2.42. The predicted octanol–water partition coefficient (Wildman–Crippen LogP) is 2.85. The Bertz CT molecular complexity index is 1490. The minimum absolute atomic E-state index is 0.103. The zero-order chi connectivity index (χ0) is 24.4. The molecular formula is C24H23F2N5O3. The third-order valence-electron chi connectivity index (χ3n) is 5.55. The fourth-order valence-electron chi connectivity index (χ4n) is 3.95. The lowest BCUT2D eigenvalue weighted by Gasteiger charge is -2.13. The zero-order valence-corrected chi connectivity index (χ0v) is 18.7. The second-order valence-corrected chi connectivity index (χ2v) is 7.83. The number of halogens is 2. The molecule has 1 N–H and O–H groups in total. The molecule has 0 atom stereocenters. The molecule has 0 unspecified atom stereocenters. The van der Waals surface area contributed by atoms with Crippen LogP contribution in [0.5, 0.6) is 0 Å². The fourth-order valence-corrected chi connectivity index (χ4v) is 3.95. The summed E-state index contributed by atoms with van der Waals surface area (Å²) in [5, 5.41) is 6.64. The molecule has 10 heteroatoms. The first-order valence-corrected chi connectivity index (χ1v) is 10.8. The van der Waals surface area contributed by atoms with Crippen molar-refractivity contribution in [3.63, 3.8) is 0 Å². The highest BCUT2D eigenvalue weighted by atomic mass is 19.1. The number of rotatable bonds is 7. The molecule has 176 valence electrons. The Morgan fingerprint density at radius 3 is 2.47 bits per heavy atom. The maximum atomic E-state index is 14.0. The standard InChI is InChI=1S/C24H23F2N5O3/c1-3-31-22-21(15(2)28-31)30(14-20(32)27-19-13-17(25)9-10-18(19)26)24(34)29(23(22)33)12-11-16-7-5-4-6-8-16/h4-10,13H,3,11-12,14H2,1-2H3,(H,27,32). The maximum Gasteiger partial charge on any atom is 0.332 e. The van der Waals surface area contributed by atoms with Crippen molar-refractivity contribution >= 4 is 22.6 Å². The molecule has 0 aliphatic carbocycles. The summed E-state index contributed by atoms with van der Waals surface area (Å²) in [6.45, 7) is 3.44. The third kappa shape index (κ3) is 4.39. The number of hydrogen-bond donors (Lipinski definition) is 1. The van der Waals surface area contributed by atoms with E-state index in [4.69, 9.17) is 0 Å². The van der Waals surface area contributed by atoms with Crippen LogP contribution in [0.4, 0.5) is 14.5 Å². The van der Waals surface area contributed by atoms with E-state index in [1.54, 1.807) is 6.92 Å². The molecule has 4 rings (SSSR count). The van der Waals surface area contributed by atoms with Crippen LogP contribution >= 0.6 is 0 Å². The number of aryl methyl sites for hydroxylation is 3. The van der Waals surface area contributed by atoms with Crippen molar-refractivity contribution in [3.05, 3.63) is 92.3 Å². The zero-order valence-electron chi connectivity index (χ0n) is 18.7. The molecule has 2 aromatic carbocycles. The van der Waals surface area contributed by atoms with E-state index in [1.165, 1.54) is 4.68 Å². The van der Waals surface area contributed by atoms with Crippen molar-refractivity contribution in [2.75, 3.05) is 5.32 Å². The number of nitrogens with one attached hydrogen (secondary N) is 1. The molecule has 0 bridgehead atoms. The van der Waals surface area contributed by atoms with Crippen LogP contribution in [-0.4, -0.2) is 24.8 Å². The fraction of sp³-hybridized carbons (Fsp3) is 0.250. The summed E-state index contributed by atoms with van der Waals surface area (Å²) in [7, 11) is 0. The van der Waals surface area contributed by atoms with Crippen molar-refractivity contribution in [2.45, 2.75) is 39.9 Å². The Labute approximate surface area is 193 Å². The van der Waals surface area contributed by atoms with E-state index in [1.807, 2.05) is 37.3 Å². The average molecular weight is 467 g/mol. The quantitative estimate of drug-likeness (QED) is 0.453. The number of anilines is 1. The second kappa shape index (κ2) is 9.42. The smallest absolute Gasteiger partial charge is 0.322 e. The van der Waals surface area contributed by atoms with E-state index in [9.17, 15) is 23.2 Å². The Balaban J connectivity index is 1.77. The van der Waals surface area contributed by atoms with Crippen molar-refractivity contribution in [3.8, 4) is 0 Å². The lowest BCUT2D eigenvalue weighted by atomic mass is 10.1. The Morgan fingerprint density at radius 1 is 1.03 bits per heavy atom. The molecule has 1 amide bonds. The van der Waals surface area contributed by atoms with Crippen LogP contribution in [0.3, 0.4) is 0 Å². The number of carbonyl (C=O) groups excluding carboxylic acids is 1. The molecule has 2 aromatic heterocycles. The van der Waals surface area contributed by atoms with Gasteiger partial charge in [-0.15, -0.1) is 0 Å². The Hall–Kier alpha value is -4.08. The number of fused-ring (bicyclic) bond motifs is 1. The summed E-state index contributed by atoms with van der Waals surface area (Å²) in [6.07, 6.45) is 0.432. The van der Waals surface area contributed by atoms with Crippen molar-refractivity contribution in [2.24, 2.45) is 0 Å². The Kier molecular flexibility index (Phi) is 6.40. The van der Waals surface area contributed by atoms with Crippen molar-refractivity contribution in [1.29, 1.82) is 0 Å². The summed E-state index contributed by atoms with van der Waals surface area (Å²) in [6, 6.07) is 12.1. The van der Waals surface area contributed by atoms with Gasteiger partial charge in [0.2, 0.25) is 5.91 Å². The highest BCUT2D eigenvalue weighted by Crippen LogP contribution is 2.17. The number of amides is 1. The van der Waals surface area contributed by atoms with Gasteiger partial charge in [0.05, 0.1) is 11.4 Å². The van der Waals surface area contributed by atoms with E-state index in [0.29, 0.717) is 18.7 Å². The van der Waals surface area contributed by atoms with Gasteiger partial charge in [-0.25, -0.2) is 13.6 Å². The third-order valence-corrected chi connectivity index (χ3v) is 5.55. The normalized spacial score (nSPS) is 11.2. The first-order valence-electron chi connectivity index (χ1n) is 10.8. The van der Waals surface area contributed by atoms with Gasteiger partial charge in [-0.3, -0.25) is 23.4 Å². The molecule has 0 spiro atoms. The highest BCUT2D eigenvalue weighted by Gasteiger charge is 2.22. The van der Waals surface area contributed by atoms with Gasteiger partial charge in [0.15, 0.2) is 5.52 Å².